The lowest BCUT2D eigenvalue weighted by Gasteiger charge is -2.13. The quantitative estimate of drug-likeness (QED) is 0.843. The summed E-state index contributed by atoms with van der Waals surface area (Å²) in [5.41, 5.74) is 7.38. The molecule has 0 radical (unpaired) electrons. The number of hydrogen-bond acceptors (Lipinski definition) is 5. The number of nitrogens with two attached hydrogens (primary N) is 1. The summed E-state index contributed by atoms with van der Waals surface area (Å²) in [5.74, 6) is 1.21. The molecule has 3 N–H and O–H groups in total. The summed E-state index contributed by atoms with van der Waals surface area (Å²) < 4.78 is 2.16. The molecule has 3 rings (SSSR count). The van der Waals surface area contributed by atoms with Gasteiger partial charge in [-0.1, -0.05) is 0 Å². The van der Waals surface area contributed by atoms with Gasteiger partial charge >= 0.3 is 0 Å². The first kappa shape index (κ1) is 11.4. The van der Waals surface area contributed by atoms with Gasteiger partial charge < -0.3 is 15.6 Å². The van der Waals surface area contributed by atoms with Crippen molar-refractivity contribution < 1.29 is 0 Å². The molecular weight excluding hydrogens is 228 g/mol. The summed E-state index contributed by atoms with van der Waals surface area (Å²) in [7, 11) is 2.01. The monoisotopic (exact) mass is 246 g/mol. The maximum Gasteiger partial charge on any atom is 0.165 e. The number of anilines is 1. The molecule has 0 spiro atoms. The molecule has 0 bridgehead atoms. The second-order valence-electron chi connectivity index (χ2n) is 4.97. The largest absolute Gasteiger partial charge is 0.382 e. The maximum absolute atomic E-state index is 5.81. The number of aromatic nitrogens is 4. The van der Waals surface area contributed by atoms with Crippen molar-refractivity contribution >= 4 is 17.0 Å². The molecular formula is C12H18N6. The molecule has 2 aromatic heterocycles. The topological polar surface area (TPSA) is 81.7 Å². The Morgan fingerprint density at radius 1 is 1.39 bits per heavy atom. The first-order valence-corrected chi connectivity index (χ1v) is 6.37. The average molecular weight is 246 g/mol. The summed E-state index contributed by atoms with van der Waals surface area (Å²) in [6, 6.07) is 0.489. The zero-order chi connectivity index (χ0) is 12.5. The van der Waals surface area contributed by atoms with Gasteiger partial charge in [0.2, 0.25) is 0 Å². The lowest BCUT2D eigenvalue weighted by molar-refractivity contribution is 0.469. The van der Waals surface area contributed by atoms with Crippen molar-refractivity contribution in [2.24, 2.45) is 5.92 Å². The van der Waals surface area contributed by atoms with Gasteiger partial charge in [0.1, 0.15) is 11.8 Å². The Bertz CT molecular complexity index is 548. The molecule has 6 nitrogen and oxygen atoms in total. The first-order valence-electron chi connectivity index (χ1n) is 6.37. The molecule has 18 heavy (non-hydrogen) atoms. The second kappa shape index (κ2) is 4.53. The minimum atomic E-state index is 0.462. The minimum Gasteiger partial charge on any atom is -0.382 e. The van der Waals surface area contributed by atoms with Crippen LogP contribution < -0.4 is 11.1 Å². The highest BCUT2D eigenvalue weighted by atomic mass is 15.1. The van der Waals surface area contributed by atoms with E-state index in [0.717, 1.165) is 23.6 Å². The van der Waals surface area contributed by atoms with E-state index in [-0.39, 0.29) is 0 Å². The number of fused-ring (bicyclic) bond motifs is 1. The zero-order valence-electron chi connectivity index (χ0n) is 10.5. The number of imidazole rings is 1. The van der Waals surface area contributed by atoms with E-state index in [1.807, 2.05) is 13.4 Å². The molecule has 1 aliphatic rings. The van der Waals surface area contributed by atoms with Crippen LogP contribution in [0.25, 0.3) is 11.2 Å². The van der Waals surface area contributed by atoms with Crippen LogP contribution in [0.1, 0.15) is 25.3 Å². The number of rotatable bonds is 3. The predicted molar refractivity (Wildman–Crippen MR) is 70.0 cm³/mol. The van der Waals surface area contributed by atoms with Crippen LogP contribution in [-0.4, -0.2) is 33.1 Å². The fourth-order valence-corrected chi connectivity index (χ4v) is 2.91. The molecule has 2 aromatic rings. The highest BCUT2D eigenvalue weighted by molar-refractivity contribution is 5.81. The summed E-state index contributed by atoms with van der Waals surface area (Å²) in [4.78, 5) is 12.6. The van der Waals surface area contributed by atoms with Crippen molar-refractivity contribution in [3.05, 3.63) is 12.7 Å². The molecule has 6 heteroatoms. The third-order valence-electron chi connectivity index (χ3n) is 3.79. The lowest BCUT2D eigenvalue weighted by Crippen LogP contribution is -2.16. The van der Waals surface area contributed by atoms with Crippen molar-refractivity contribution in [3.63, 3.8) is 0 Å². The predicted octanol–water partition coefficient (Wildman–Crippen LogP) is 0.969. The fraction of sp³-hybridized carbons (Fsp3) is 0.583. The molecule has 0 saturated heterocycles. The molecule has 2 heterocycles. The van der Waals surface area contributed by atoms with Gasteiger partial charge in [-0.25, -0.2) is 15.0 Å². The van der Waals surface area contributed by atoms with Gasteiger partial charge in [-0.15, -0.1) is 0 Å². The Balaban J connectivity index is 1.89. The molecule has 0 aromatic carbocycles. The normalized spacial score (nSPS) is 23.8. The van der Waals surface area contributed by atoms with Crippen LogP contribution in [0.5, 0.6) is 0 Å². The maximum atomic E-state index is 5.81. The molecule has 0 amide bonds. The Hall–Kier alpha value is -1.69. The van der Waals surface area contributed by atoms with E-state index >= 15 is 0 Å². The highest BCUT2D eigenvalue weighted by Gasteiger charge is 2.26. The molecule has 1 fully saturated rings. The van der Waals surface area contributed by atoms with Crippen LogP contribution in [0, 0.1) is 5.92 Å². The van der Waals surface area contributed by atoms with E-state index in [9.17, 15) is 0 Å². The van der Waals surface area contributed by atoms with Gasteiger partial charge in [0.25, 0.3) is 0 Å². The Morgan fingerprint density at radius 3 is 3.11 bits per heavy atom. The Kier molecular flexibility index (Phi) is 2.87. The molecule has 1 aliphatic carbocycles. The molecule has 1 saturated carbocycles. The Labute approximate surface area is 106 Å². The van der Waals surface area contributed by atoms with Gasteiger partial charge in [0, 0.05) is 6.04 Å². The van der Waals surface area contributed by atoms with Gasteiger partial charge in [-0.05, 0) is 38.8 Å². The van der Waals surface area contributed by atoms with Crippen molar-refractivity contribution in [2.75, 3.05) is 19.3 Å². The van der Waals surface area contributed by atoms with Crippen LogP contribution in [0.3, 0.4) is 0 Å². The van der Waals surface area contributed by atoms with Gasteiger partial charge in [-0.2, -0.15) is 0 Å². The SMILES string of the molecule is CNCC1CCC(n2cnc3c(N)ncnc32)C1. The van der Waals surface area contributed by atoms with E-state index in [1.54, 1.807) is 0 Å². The summed E-state index contributed by atoms with van der Waals surface area (Å²) >= 11 is 0. The number of nitrogens with one attached hydrogen (secondary N) is 1. The Morgan fingerprint density at radius 2 is 2.28 bits per heavy atom. The summed E-state index contributed by atoms with van der Waals surface area (Å²) in [6.45, 7) is 1.08. The first-order chi connectivity index (χ1) is 8.79. The van der Waals surface area contributed by atoms with Gasteiger partial charge in [-0.3, -0.25) is 0 Å². The molecule has 0 aliphatic heterocycles. The number of nitrogen functional groups attached to an aromatic ring is 1. The van der Waals surface area contributed by atoms with Crippen LogP contribution in [0.2, 0.25) is 0 Å². The van der Waals surface area contributed by atoms with Gasteiger partial charge in [0.15, 0.2) is 11.5 Å². The molecule has 96 valence electrons. The average Bonchev–Trinajstić information content (AvgIpc) is 2.96. The third-order valence-corrected chi connectivity index (χ3v) is 3.79. The third kappa shape index (κ3) is 1.82. The number of nitrogens with zero attached hydrogens (tertiary/aromatic N) is 4. The second-order valence-corrected chi connectivity index (χ2v) is 4.97. The fourth-order valence-electron chi connectivity index (χ4n) is 2.91. The van der Waals surface area contributed by atoms with E-state index in [4.69, 9.17) is 5.73 Å². The smallest absolute Gasteiger partial charge is 0.165 e. The highest BCUT2D eigenvalue weighted by Crippen LogP contribution is 2.35. The van der Waals surface area contributed by atoms with Crippen molar-refractivity contribution in [1.82, 2.24) is 24.8 Å². The van der Waals surface area contributed by atoms with E-state index in [1.165, 1.54) is 25.6 Å². The van der Waals surface area contributed by atoms with Crippen LogP contribution in [0.15, 0.2) is 12.7 Å². The summed E-state index contributed by atoms with van der Waals surface area (Å²) in [5, 5.41) is 3.25. The van der Waals surface area contributed by atoms with Crippen LogP contribution in [0.4, 0.5) is 5.82 Å². The van der Waals surface area contributed by atoms with E-state index in [0.29, 0.717) is 11.9 Å². The summed E-state index contributed by atoms with van der Waals surface area (Å²) in [6.07, 6.45) is 6.97. The molecule has 2 unspecified atom stereocenters. The van der Waals surface area contributed by atoms with Crippen LogP contribution in [-0.2, 0) is 0 Å². The van der Waals surface area contributed by atoms with E-state index in [2.05, 4.69) is 24.8 Å². The van der Waals surface area contributed by atoms with Crippen molar-refractivity contribution in [2.45, 2.75) is 25.3 Å². The van der Waals surface area contributed by atoms with Crippen LogP contribution >= 0.6 is 0 Å². The minimum absolute atomic E-state index is 0.462. The van der Waals surface area contributed by atoms with Crippen molar-refractivity contribution in [3.8, 4) is 0 Å². The zero-order valence-corrected chi connectivity index (χ0v) is 10.5. The number of hydrogen-bond donors (Lipinski definition) is 2. The van der Waals surface area contributed by atoms with Crippen molar-refractivity contribution in [1.29, 1.82) is 0 Å². The van der Waals surface area contributed by atoms with Gasteiger partial charge in [0.05, 0.1) is 6.33 Å². The lowest BCUT2D eigenvalue weighted by atomic mass is 10.1. The molecule has 2 atom stereocenters. The van der Waals surface area contributed by atoms with E-state index < -0.39 is 0 Å². The standard InChI is InChI=1S/C12H18N6/c1-14-5-8-2-3-9(4-8)18-7-17-10-11(13)15-6-16-12(10)18/h6-9,14H,2-5H2,1H3,(H2,13,15,16).